The van der Waals surface area contributed by atoms with Gasteiger partial charge >= 0.3 is 0 Å². The Morgan fingerprint density at radius 2 is 2.04 bits per heavy atom. The highest BCUT2D eigenvalue weighted by Crippen LogP contribution is 2.29. The minimum absolute atomic E-state index is 0.0397. The molecule has 1 aliphatic heterocycles. The quantitative estimate of drug-likeness (QED) is 0.797. The second kappa shape index (κ2) is 8.16. The van der Waals surface area contributed by atoms with E-state index in [-0.39, 0.29) is 17.6 Å². The van der Waals surface area contributed by atoms with Gasteiger partial charge in [-0.2, -0.15) is 20.5 Å². The first-order chi connectivity index (χ1) is 12.8. The average molecular weight is 396 g/mol. The molecule has 1 saturated heterocycles. The molecule has 0 saturated carbocycles. The second-order valence-electron chi connectivity index (χ2n) is 6.34. The summed E-state index contributed by atoms with van der Waals surface area (Å²) in [4.78, 5) is 20.3. The largest absolute Gasteiger partial charge is 0.349 e. The summed E-state index contributed by atoms with van der Waals surface area (Å²) in [6.45, 7) is 0.676. The maximum atomic E-state index is 14.1. The molecule has 27 heavy (non-hydrogen) atoms. The van der Waals surface area contributed by atoms with Gasteiger partial charge in [0.2, 0.25) is 5.95 Å². The number of carbonyl (C=O) groups excluding carboxylic acids is 1. The van der Waals surface area contributed by atoms with Crippen LogP contribution in [0.3, 0.4) is 0 Å². The number of alkyl halides is 2. The third-order valence-electron chi connectivity index (χ3n) is 4.09. The molecule has 0 bridgehead atoms. The van der Waals surface area contributed by atoms with E-state index in [0.29, 0.717) is 12.6 Å². The number of nitrogens with one attached hydrogen (secondary N) is 2. The Morgan fingerprint density at radius 3 is 2.70 bits per heavy atom. The molecular formula is C18H19F3N4OS. The highest BCUT2D eigenvalue weighted by Gasteiger charge is 2.33. The monoisotopic (exact) mass is 396 g/mol. The summed E-state index contributed by atoms with van der Waals surface area (Å²) in [5, 5.41) is 5.46. The molecule has 2 heterocycles. The maximum Gasteiger partial charge on any atom is 0.287 e. The van der Waals surface area contributed by atoms with E-state index in [1.807, 2.05) is 0 Å². The zero-order valence-corrected chi connectivity index (χ0v) is 15.5. The fourth-order valence-corrected chi connectivity index (χ4v) is 3.85. The van der Waals surface area contributed by atoms with Crippen LogP contribution in [-0.2, 0) is 5.92 Å². The van der Waals surface area contributed by atoms with Crippen LogP contribution in [0.15, 0.2) is 30.5 Å². The second-order valence-corrected chi connectivity index (χ2v) is 7.56. The first kappa shape index (κ1) is 19.5. The molecule has 2 N–H and O–H groups in total. The molecule has 9 heteroatoms. The molecule has 1 aromatic heterocycles. The van der Waals surface area contributed by atoms with Crippen LogP contribution in [0.25, 0.3) is 0 Å². The number of hydrogen-bond donors (Lipinski definition) is 2. The summed E-state index contributed by atoms with van der Waals surface area (Å²) in [6, 6.07) is 5.43. The molecule has 0 atom stereocenters. The first-order valence-corrected chi connectivity index (χ1v) is 9.65. The van der Waals surface area contributed by atoms with E-state index in [4.69, 9.17) is 0 Å². The van der Waals surface area contributed by atoms with Crippen LogP contribution in [0.1, 0.15) is 35.8 Å². The number of anilines is 2. The van der Waals surface area contributed by atoms with Gasteiger partial charge in [0.25, 0.3) is 11.8 Å². The van der Waals surface area contributed by atoms with Crippen molar-refractivity contribution in [1.82, 2.24) is 15.3 Å². The van der Waals surface area contributed by atoms with Gasteiger partial charge in [0, 0.05) is 24.8 Å². The Morgan fingerprint density at radius 1 is 1.30 bits per heavy atom. The third kappa shape index (κ3) is 5.12. The van der Waals surface area contributed by atoms with Crippen LogP contribution in [0.2, 0.25) is 0 Å². The average Bonchev–Trinajstić information content (AvgIpc) is 2.62. The van der Waals surface area contributed by atoms with Gasteiger partial charge < -0.3 is 10.6 Å². The van der Waals surface area contributed by atoms with E-state index >= 15 is 0 Å². The Kier molecular flexibility index (Phi) is 5.88. The van der Waals surface area contributed by atoms with Gasteiger partial charge in [-0.1, -0.05) is 6.07 Å². The Labute approximate surface area is 159 Å². The molecule has 144 valence electrons. The molecule has 0 spiro atoms. The number of benzene rings is 1. The van der Waals surface area contributed by atoms with Crippen LogP contribution in [0.4, 0.5) is 24.8 Å². The number of halogens is 3. The lowest BCUT2D eigenvalue weighted by Gasteiger charge is -2.23. The molecule has 1 aliphatic rings. The van der Waals surface area contributed by atoms with Crippen molar-refractivity contribution in [3.05, 3.63) is 47.5 Å². The van der Waals surface area contributed by atoms with Crippen molar-refractivity contribution >= 4 is 29.3 Å². The van der Waals surface area contributed by atoms with Gasteiger partial charge in [0.1, 0.15) is 11.5 Å². The topological polar surface area (TPSA) is 66.9 Å². The van der Waals surface area contributed by atoms with Crippen molar-refractivity contribution in [1.29, 1.82) is 0 Å². The molecule has 0 aliphatic carbocycles. The minimum Gasteiger partial charge on any atom is -0.349 e. The Hall–Kier alpha value is -2.29. The lowest BCUT2D eigenvalue weighted by atomic mass is 10.1. The molecule has 0 radical (unpaired) electrons. The fourth-order valence-electron chi connectivity index (χ4n) is 2.74. The normalized spacial score (nSPS) is 15.4. The van der Waals surface area contributed by atoms with Crippen LogP contribution < -0.4 is 10.6 Å². The van der Waals surface area contributed by atoms with Crippen molar-refractivity contribution in [2.45, 2.75) is 31.7 Å². The van der Waals surface area contributed by atoms with Crippen LogP contribution >= 0.6 is 11.8 Å². The van der Waals surface area contributed by atoms with E-state index < -0.39 is 23.3 Å². The van der Waals surface area contributed by atoms with Gasteiger partial charge in [-0.05, 0) is 42.5 Å². The Balaban J connectivity index is 1.84. The van der Waals surface area contributed by atoms with Gasteiger partial charge in [-0.25, -0.2) is 14.4 Å². The third-order valence-corrected chi connectivity index (χ3v) is 5.14. The number of carbonyl (C=O) groups is 1. The molecule has 1 fully saturated rings. The van der Waals surface area contributed by atoms with Gasteiger partial charge in [-0.15, -0.1) is 0 Å². The number of amides is 1. The van der Waals surface area contributed by atoms with Crippen LogP contribution in [0, 0.1) is 5.82 Å². The number of hydrogen-bond acceptors (Lipinski definition) is 5. The molecule has 2 aromatic rings. The lowest BCUT2D eigenvalue weighted by molar-refractivity contribution is 0.0116. The SMILES string of the molecule is CC(F)(F)c1nc(Nc2cccc(F)c2)ncc1C(=O)NC1CCSCC1. The summed E-state index contributed by atoms with van der Waals surface area (Å²) in [5.74, 6) is -2.72. The zero-order valence-electron chi connectivity index (χ0n) is 14.6. The maximum absolute atomic E-state index is 14.1. The number of nitrogens with zero attached hydrogens (tertiary/aromatic N) is 2. The van der Waals surface area contributed by atoms with Crippen LogP contribution in [-0.4, -0.2) is 33.4 Å². The standard InChI is InChI=1S/C18H19F3N4OS/c1-18(20,21)15-14(16(26)23-12-5-7-27-8-6-12)10-22-17(25-15)24-13-4-2-3-11(19)9-13/h2-4,9-10,12H,5-8H2,1H3,(H,23,26)(H,22,24,25). The van der Waals surface area contributed by atoms with E-state index in [2.05, 4.69) is 20.6 Å². The lowest BCUT2D eigenvalue weighted by Crippen LogP contribution is -2.38. The number of rotatable bonds is 5. The van der Waals surface area contributed by atoms with Gasteiger partial charge in [0.15, 0.2) is 0 Å². The van der Waals surface area contributed by atoms with Crippen molar-refractivity contribution in [2.75, 3.05) is 16.8 Å². The molecule has 1 amide bonds. The van der Waals surface area contributed by atoms with Gasteiger partial charge in [0.05, 0.1) is 5.56 Å². The molecule has 5 nitrogen and oxygen atoms in total. The smallest absolute Gasteiger partial charge is 0.287 e. The molecule has 3 rings (SSSR count). The summed E-state index contributed by atoms with van der Waals surface area (Å²) in [6.07, 6.45) is 2.68. The van der Waals surface area contributed by atoms with Crippen LogP contribution in [0.5, 0.6) is 0 Å². The predicted molar refractivity (Wildman–Crippen MR) is 99.1 cm³/mol. The van der Waals surface area contributed by atoms with E-state index in [1.165, 1.54) is 18.2 Å². The minimum atomic E-state index is -3.34. The Bertz CT molecular complexity index is 822. The van der Waals surface area contributed by atoms with E-state index in [0.717, 1.165) is 30.5 Å². The van der Waals surface area contributed by atoms with E-state index in [9.17, 15) is 18.0 Å². The van der Waals surface area contributed by atoms with Crippen molar-refractivity contribution in [2.24, 2.45) is 0 Å². The molecule has 0 unspecified atom stereocenters. The van der Waals surface area contributed by atoms with Crippen molar-refractivity contribution in [3.63, 3.8) is 0 Å². The molecule has 1 aromatic carbocycles. The summed E-state index contributed by atoms with van der Waals surface area (Å²) < 4.78 is 41.4. The molecular weight excluding hydrogens is 377 g/mol. The zero-order chi connectivity index (χ0) is 19.4. The van der Waals surface area contributed by atoms with Crippen molar-refractivity contribution in [3.8, 4) is 0 Å². The summed E-state index contributed by atoms with van der Waals surface area (Å²) in [5.41, 5.74) is -0.609. The fraction of sp³-hybridized carbons (Fsp3) is 0.389. The predicted octanol–water partition coefficient (Wildman–Crippen LogP) is 4.10. The summed E-state index contributed by atoms with van der Waals surface area (Å²) >= 11 is 1.80. The highest BCUT2D eigenvalue weighted by atomic mass is 32.2. The first-order valence-electron chi connectivity index (χ1n) is 8.49. The van der Waals surface area contributed by atoms with Crippen molar-refractivity contribution < 1.29 is 18.0 Å². The number of aromatic nitrogens is 2. The summed E-state index contributed by atoms with van der Waals surface area (Å²) in [7, 11) is 0. The highest BCUT2D eigenvalue weighted by molar-refractivity contribution is 7.99. The number of thioether (sulfide) groups is 1. The van der Waals surface area contributed by atoms with E-state index in [1.54, 1.807) is 17.8 Å². The van der Waals surface area contributed by atoms with Gasteiger partial charge in [-0.3, -0.25) is 4.79 Å².